The summed E-state index contributed by atoms with van der Waals surface area (Å²) in [7, 11) is 1.97. The molecule has 0 saturated carbocycles. The van der Waals surface area contributed by atoms with Gasteiger partial charge in [-0.3, -0.25) is 4.98 Å². The minimum absolute atomic E-state index is 0.718. The molecule has 22 heavy (non-hydrogen) atoms. The molecule has 0 aromatic carbocycles. The molecule has 3 aromatic heterocycles. The number of morpholine rings is 1. The van der Waals surface area contributed by atoms with Crippen LogP contribution in [-0.4, -0.2) is 50.8 Å². The largest absolute Gasteiger partial charge is 0.378 e. The lowest BCUT2D eigenvalue weighted by molar-refractivity contribution is 0.122. The summed E-state index contributed by atoms with van der Waals surface area (Å²) in [4.78, 5) is 19.9. The minimum Gasteiger partial charge on any atom is -0.378 e. The van der Waals surface area contributed by atoms with Crippen molar-refractivity contribution in [3.8, 4) is 11.4 Å². The topological polar surface area (TPSA) is 69.0 Å². The summed E-state index contributed by atoms with van der Waals surface area (Å²) in [5, 5.41) is 0. The number of fused-ring (bicyclic) bond motifs is 1. The van der Waals surface area contributed by atoms with Crippen molar-refractivity contribution >= 4 is 17.0 Å². The first-order chi connectivity index (χ1) is 10.8. The highest BCUT2D eigenvalue weighted by molar-refractivity contribution is 5.86. The Kier molecular flexibility index (Phi) is 3.19. The summed E-state index contributed by atoms with van der Waals surface area (Å²) in [6, 6.07) is 3.89. The van der Waals surface area contributed by atoms with Crippen molar-refractivity contribution in [1.82, 2.24) is 24.5 Å². The van der Waals surface area contributed by atoms with Crippen LogP contribution in [0, 0.1) is 0 Å². The van der Waals surface area contributed by atoms with Gasteiger partial charge >= 0.3 is 0 Å². The van der Waals surface area contributed by atoms with Crippen LogP contribution in [0.3, 0.4) is 0 Å². The normalized spacial score (nSPS) is 15.4. The zero-order chi connectivity index (χ0) is 14.9. The Labute approximate surface area is 127 Å². The highest BCUT2D eigenvalue weighted by atomic mass is 16.5. The molecule has 0 aliphatic carbocycles. The van der Waals surface area contributed by atoms with Crippen LogP contribution in [-0.2, 0) is 11.8 Å². The molecule has 112 valence electrons. The Morgan fingerprint density at radius 2 is 1.86 bits per heavy atom. The third-order valence-corrected chi connectivity index (χ3v) is 3.89. The van der Waals surface area contributed by atoms with Crippen molar-refractivity contribution in [1.29, 1.82) is 0 Å². The first-order valence-corrected chi connectivity index (χ1v) is 7.25. The molecule has 0 amide bonds. The Hall–Kier alpha value is -2.54. The molecule has 3 aromatic rings. The van der Waals surface area contributed by atoms with E-state index < -0.39 is 0 Å². The first-order valence-electron chi connectivity index (χ1n) is 7.25. The number of imidazole rings is 1. The molecular weight excluding hydrogens is 280 g/mol. The molecule has 4 heterocycles. The molecule has 1 aliphatic rings. The van der Waals surface area contributed by atoms with Gasteiger partial charge in [-0.1, -0.05) is 0 Å². The summed E-state index contributed by atoms with van der Waals surface area (Å²) in [6.07, 6.45) is 5.14. The second-order valence-electron chi connectivity index (χ2n) is 5.20. The molecule has 1 saturated heterocycles. The zero-order valence-electron chi connectivity index (χ0n) is 12.3. The third kappa shape index (κ3) is 2.10. The number of hydrogen-bond donors (Lipinski definition) is 0. The number of anilines is 1. The van der Waals surface area contributed by atoms with Crippen molar-refractivity contribution in [2.24, 2.45) is 7.05 Å². The van der Waals surface area contributed by atoms with Crippen LogP contribution in [0.1, 0.15) is 0 Å². The molecule has 0 N–H and O–H groups in total. The van der Waals surface area contributed by atoms with Gasteiger partial charge in [0.05, 0.1) is 13.2 Å². The molecule has 7 heteroatoms. The van der Waals surface area contributed by atoms with Gasteiger partial charge in [-0.05, 0) is 12.1 Å². The highest BCUT2D eigenvalue weighted by Gasteiger charge is 2.20. The van der Waals surface area contributed by atoms with E-state index in [4.69, 9.17) is 9.72 Å². The maximum absolute atomic E-state index is 5.41. The van der Waals surface area contributed by atoms with Gasteiger partial charge in [0, 0.05) is 38.1 Å². The molecule has 0 bridgehead atoms. The van der Waals surface area contributed by atoms with Crippen LogP contribution in [0.2, 0.25) is 0 Å². The molecule has 1 fully saturated rings. The average molecular weight is 296 g/mol. The molecule has 7 nitrogen and oxygen atoms in total. The Balaban J connectivity index is 1.87. The summed E-state index contributed by atoms with van der Waals surface area (Å²) in [6.45, 7) is 3.09. The van der Waals surface area contributed by atoms with Crippen molar-refractivity contribution < 1.29 is 4.74 Å². The van der Waals surface area contributed by atoms with Gasteiger partial charge < -0.3 is 14.2 Å². The average Bonchev–Trinajstić information content (AvgIpc) is 2.94. The van der Waals surface area contributed by atoms with E-state index in [2.05, 4.69) is 19.9 Å². The number of aromatic nitrogens is 5. The molecule has 1 aliphatic heterocycles. The maximum atomic E-state index is 5.41. The first kappa shape index (κ1) is 13.1. The predicted octanol–water partition coefficient (Wildman–Crippen LogP) is 1.26. The smallest absolute Gasteiger partial charge is 0.165 e. The number of ether oxygens (including phenoxy) is 1. The second kappa shape index (κ2) is 5.34. The van der Waals surface area contributed by atoms with E-state index in [9.17, 15) is 0 Å². The lowest BCUT2D eigenvalue weighted by atomic mass is 10.2. The van der Waals surface area contributed by atoms with Gasteiger partial charge in [0.1, 0.15) is 12.2 Å². The van der Waals surface area contributed by atoms with Crippen molar-refractivity contribution in [2.75, 3.05) is 31.2 Å². The van der Waals surface area contributed by atoms with Gasteiger partial charge in [-0.15, -0.1) is 0 Å². The fraction of sp³-hybridized carbons (Fsp3) is 0.333. The molecular formula is C15H16N6O. The number of aryl methyl sites for hydroxylation is 1. The second-order valence-corrected chi connectivity index (χ2v) is 5.20. The number of hydrogen-bond acceptors (Lipinski definition) is 6. The maximum Gasteiger partial charge on any atom is 0.165 e. The van der Waals surface area contributed by atoms with Crippen LogP contribution in [0.25, 0.3) is 22.6 Å². The third-order valence-electron chi connectivity index (χ3n) is 3.89. The molecule has 0 atom stereocenters. The number of nitrogens with zero attached hydrogens (tertiary/aromatic N) is 6. The fourth-order valence-corrected chi connectivity index (χ4v) is 2.75. The van der Waals surface area contributed by atoms with Crippen LogP contribution < -0.4 is 4.90 Å². The van der Waals surface area contributed by atoms with Crippen LogP contribution in [0.4, 0.5) is 5.82 Å². The lowest BCUT2D eigenvalue weighted by Crippen LogP contribution is -2.36. The van der Waals surface area contributed by atoms with Gasteiger partial charge in [0.15, 0.2) is 17.0 Å². The van der Waals surface area contributed by atoms with Crippen LogP contribution >= 0.6 is 0 Å². The fourth-order valence-electron chi connectivity index (χ4n) is 2.75. The van der Waals surface area contributed by atoms with Crippen molar-refractivity contribution in [2.45, 2.75) is 0 Å². The summed E-state index contributed by atoms with van der Waals surface area (Å²) in [5.41, 5.74) is 2.69. The lowest BCUT2D eigenvalue weighted by Gasteiger charge is -2.27. The molecule has 0 spiro atoms. The molecule has 0 unspecified atom stereocenters. The van der Waals surface area contributed by atoms with Crippen molar-refractivity contribution in [3.05, 3.63) is 30.9 Å². The standard InChI is InChI=1S/C15H16N6O/c1-20-13(11-2-4-16-5-3-11)19-12-14(20)17-10-18-15(12)21-6-8-22-9-7-21/h2-5,10H,6-9H2,1H3. The van der Waals surface area contributed by atoms with Gasteiger partial charge in [-0.25, -0.2) is 15.0 Å². The van der Waals surface area contributed by atoms with E-state index in [0.29, 0.717) is 0 Å². The SMILES string of the molecule is Cn1c(-c2ccncc2)nc2c(N3CCOCC3)ncnc21. The summed E-state index contributed by atoms with van der Waals surface area (Å²) in [5.74, 6) is 1.75. The predicted molar refractivity (Wildman–Crippen MR) is 82.6 cm³/mol. The van der Waals surface area contributed by atoms with Crippen molar-refractivity contribution in [3.63, 3.8) is 0 Å². The Bertz CT molecular complexity index is 794. The Morgan fingerprint density at radius 1 is 1.09 bits per heavy atom. The minimum atomic E-state index is 0.718. The van der Waals surface area contributed by atoms with E-state index >= 15 is 0 Å². The zero-order valence-corrected chi connectivity index (χ0v) is 12.3. The molecule has 0 radical (unpaired) electrons. The van der Waals surface area contributed by atoms with Crippen LogP contribution in [0.15, 0.2) is 30.9 Å². The monoisotopic (exact) mass is 296 g/mol. The van der Waals surface area contributed by atoms with Gasteiger partial charge in [-0.2, -0.15) is 0 Å². The van der Waals surface area contributed by atoms with E-state index in [1.54, 1.807) is 18.7 Å². The number of rotatable bonds is 2. The summed E-state index contributed by atoms with van der Waals surface area (Å²) >= 11 is 0. The highest BCUT2D eigenvalue weighted by Crippen LogP contribution is 2.27. The van der Waals surface area contributed by atoms with Gasteiger partial charge in [0.25, 0.3) is 0 Å². The van der Waals surface area contributed by atoms with E-state index in [0.717, 1.165) is 54.7 Å². The van der Waals surface area contributed by atoms with E-state index in [-0.39, 0.29) is 0 Å². The van der Waals surface area contributed by atoms with E-state index in [1.165, 1.54) is 0 Å². The number of pyridine rings is 1. The summed E-state index contributed by atoms with van der Waals surface area (Å²) < 4.78 is 7.41. The van der Waals surface area contributed by atoms with E-state index in [1.807, 2.05) is 23.7 Å². The Morgan fingerprint density at radius 3 is 2.64 bits per heavy atom. The molecule has 4 rings (SSSR count). The van der Waals surface area contributed by atoms with Crippen LogP contribution in [0.5, 0.6) is 0 Å². The van der Waals surface area contributed by atoms with Gasteiger partial charge in [0.2, 0.25) is 0 Å². The quantitative estimate of drug-likeness (QED) is 0.709.